The second kappa shape index (κ2) is 6.35. The van der Waals surface area contributed by atoms with Gasteiger partial charge in [-0.05, 0) is 43.0 Å². The van der Waals surface area contributed by atoms with Crippen molar-refractivity contribution in [1.29, 1.82) is 0 Å². The number of aromatic nitrogens is 3. The second-order valence-corrected chi connectivity index (χ2v) is 7.85. The van der Waals surface area contributed by atoms with E-state index in [2.05, 4.69) is 39.6 Å². The van der Waals surface area contributed by atoms with Crippen molar-refractivity contribution in [2.24, 2.45) is 0 Å². The maximum Gasteiger partial charge on any atom is 0.190 e. The normalized spacial score (nSPS) is 11.5. The van der Waals surface area contributed by atoms with E-state index in [1.807, 2.05) is 40.9 Å². The maximum atomic E-state index is 11.9. The van der Waals surface area contributed by atoms with Crippen LogP contribution in [0, 0.1) is 0 Å². The molecule has 4 nitrogen and oxygen atoms in total. The highest BCUT2D eigenvalue weighted by Crippen LogP contribution is 2.38. The Hall–Kier alpha value is -2.05. The molecular weight excluding hydrogens is 398 g/mol. The molecule has 0 bridgehead atoms. The molecule has 2 aromatic heterocycles. The van der Waals surface area contributed by atoms with Crippen molar-refractivity contribution in [3.63, 3.8) is 0 Å². The molecule has 0 fully saturated rings. The Morgan fingerprint density at radius 3 is 2.44 bits per heavy atom. The number of hydrogen-bond donors (Lipinski definition) is 0. The van der Waals surface area contributed by atoms with Crippen LogP contribution in [0.3, 0.4) is 0 Å². The summed E-state index contributed by atoms with van der Waals surface area (Å²) in [6.07, 6.45) is 0. The fourth-order valence-corrected chi connectivity index (χ4v) is 4.23. The van der Waals surface area contributed by atoms with Crippen molar-refractivity contribution in [2.75, 3.05) is 0 Å². The first-order chi connectivity index (χ1) is 12.1. The Bertz CT molecular complexity index is 1100. The van der Waals surface area contributed by atoms with Crippen molar-refractivity contribution in [3.8, 4) is 11.3 Å². The Morgan fingerprint density at radius 2 is 1.80 bits per heavy atom. The lowest BCUT2D eigenvalue weighted by molar-refractivity contribution is -0.109. The van der Waals surface area contributed by atoms with E-state index in [9.17, 15) is 4.79 Å². The number of carbonyl (C=O) groups is 1. The molecule has 2 heterocycles. The van der Waals surface area contributed by atoms with Gasteiger partial charge in [0.2, 0.25) is 0 Å². The predicted octanol–water partition coefficient (Wildman–Crippen LogP) is 5.38. The van der Waals surface area contributed by atoms with Gasteiger partial charge < -0.3 is 4.57 Å². The summed E-state index contributed by atoms with van der Waals surface area (Å²) >= 11 is 4.72. The molecule has 25 heavy (non-hydrogen) atoms. The Kier molecular flexibility index (Phi) is 4.17. The van der Waals surface area contributed by atoms with E-state index in [-0.39, 0.29) is 5.12 Å². The molecule has 0 unspecified atom stereocenters. The van der Waals surface area contributed by atoms with Crippen LogP contribution < -0.4 is 0 Å². The van der Waals surface area contributed by atoms with Gasteiger partial charge in [-0.1, -0.05) is 40.2 Å². The SMILES string of the molecule is CCn1c2ccccc2n2nc(-c3ccc(Br)cc3)c(SC(C)=O)c12. The molecule has 0 aliphatic carbocycles. The van der Waals surface area contributed by atoms with Crippen LogP contribution in [0.1, 0.15) is 13.8 Å². The molecule has 0 aliphatic heterocycles. The minimum Gasteiger partial charge on any atom is -0.324 e. The van der Waals surface area contributed by atoms with E-state index in [1.165, 1.54) is 11.8 Å². The number of nitrogens with zero attached hydrogens (tertiary/aromatic N) is 3. The molecule has 6 heteroatoms. The Morgan fingerprint density at radius 1 is 1.12 bits per heavy atom. The molecule has 0 radical (unpaired) electrons. The molecule has 0 saturated heterocycles. The van der Waals surface area contributed by atoms with Gasteiger partial charge in [0.1, 0.15) is 5.69 Å². The number of para-hydroxylation sites is 2. The average molecular weight is 414 g/mol. The summed E-state index contributed by atoms with van der Waals surface area (Å²) in [7, 11) is 0. The molecule has 0 spiro atoms. The van der Waals surface area contributed by atoms with Crippen molar-refractivity contribution in [2.45, 2.75) is 25.3 Å². The number of carbonyl (C=O) groups excluding carboxylic acids is 1. The van der Waals surface area contributed by atoms with E-state index in [1.54, 1.807) is 6.92 Å². The van der Waals surface area contributed by atoms with Crippen LogP contribution in [0.2, 0.25) is 0 Å². The molecule has 0 N–H and O–H groups in total. The van der Waals surface area contributed by atoms with Gasteiger partial charge in [-0.15, -0.1) is 0 Å². The lowest BCUT2D eigenvalue weighted by atomic mass is 10.1. The zero-order chi connectivity index (χ0) is 17.6. The lowest BCUT2D eigenvalue weighted by Crippen LogP contribution is -1.95. The molecule has 0 aliphatic rings. The van der Waals surface area contributed by atoms with Crippen LogP contribution in [-0.2, 0) is 11.3 Å². The molecule has 0 saturated carbocycles. The molecule has 0 amide bonds. The third kappa shape index (κ3) is 2.69. The van der Waals surface area contributed by atoms with E-state index >= 15 is 0 Å². The molecule has 4 aromatic rings. The molecule has 2 aromatic carbocycles. The van der Waals surface area contributed by atoms with Gasteiger partial charge in [0.05, 0.1) is 15.9 Å². The highest BCUT2D eigenvalue weighted by Gasteiger charge is 2.22. The maximum absolute atomic E-state index is 11.9. The van der Waals surface area contributed by atoms with Crippen LogP contribution in [0.5, 0.6) is 0 Å². The van der Waals surface area contributed by atoms with Gasteiger partial charge in [-0.3, -0.25) is 4.79 Å². The highest BCUT2D eigenvalue weighted by molar-refractivity contribution is 9.10. The van der Waals surface area contributed by atoms with Crippen LogP contribution in [0.15, 0.2) is 57.9 Å². The lowest BCUT2D eigenvalue weighted by Gasteiger charge is -2.05. The van der Waals surface area contributed by atoms with E-state index in [0.717, 1.165) is 43.9 Å². The fourth-order valence-electron chi connectivity index (χ4n) is 3.14. The largest absolute Gasteiger partial charge is 0.324 e. The highest BCUT2D eigenvalue weighted by atomic mass is 79.9. The number of rotatable bonds is 3. The van der Waals surface area contributed by atoms with Crippen LogP contribution in [0.4, 0.5) is 0 Å². The number of hydrogen-bond acceptors (Lipinski definition) is 3. The summed E-state index contributed by atoms with van der Waals surface area (Å²) in [5.41, 5.74) is 4.99. The van der Waals surface area contributed by atoms with Gasteiger partial charge >= 0.3 is 0 Å². The standard InChI is InChI=1S/C19H16BrN3OS/c1-3-22-15-6-4-5-7-16(15)23-19(22)18(25-12(2)24)17(21-23)13-8-10-14(20)11-9-13/h4-11H,3H2,1-2H3. The quantitative estimate of drug-likeness (QED) is 0.423. The number of benzene rings is 2. The predicted molar refractivity (Wildman–Crippen MR) is 106 cm³/mol. The molecule has 0 atom stereocenters. The summed E-state index contributed by atoms with van der Waals surface area (Å²) in [4.78, 5) is 12.8. The molecular formula is C19H16BrN3OS. The first-order valence-corrected chi connectivity index (χ1v) is 9.65. The van der Waals surface area contributed by atoms with Crippen LogP contribution in [0.25, 0.3) is 27.9 Å². The number of halogens is 1. The van der Waals surface area contributed by atoms with E-state index in [0.29, 0.717) is 0 Å². The summed E-state index contributed by atoms with van der Waals surface area (Å²) in [6, 6.07) is 16.2. The number of imidazole rings is 1. The zero-order valence-corrected chi connectivity index (χ0v) is 16.3. The van der Waals surface area contributed by atoms with Gasteiger partial charge in [-0.2, -0.15) is 5.10 Å². The smallest absolute Gasteiger partial charge is 0.190 e. The Balaban J connectivity index is 2.09. The monoisotopic (exact) mass is 413 g/mol. The number of aryl methyl sites for hydroxylation is 1. The number of fused-ring (bicyclic) bond motifs is 3. The summed E-state index contributed by atoms with van der Waals surface area (Å²) in [6.45, 7) is 4.52. The third-order valence-electron chi connectivity index (χ3n) is 4.15. The summed E-state index contributed by atoms with van der Waals surface area (Å²) < 4.78 is 5.20. The first kappa shape index (κ1) is 16.4. The Labute approximate surface area is 158 Å². The van der Waals surface area contributed by atoms with Gasteiger partial charge in [0.15, 0.2) is 10.8 Å². The topological polar surface area (TPSA) is 39.3 Å². The van der Waals surface area contributed by atoms with Gasteiger partial charge in [0, 0.05) is 23.5 Å². The van der Waals surface area contributed by atoms with Crippen molar-refractivity contribution < 1.29 is 4.79 Å². The average Bonchev–Trinajstić information content (AvgIpc) is 3.10. The van der Waals surface area contributed by atoms with E-state index in [4.69, 9.17) is 5.10 Å². The molecule has 126 valence electrons. The minimum atomic E-state index is 0.0566. The van der Waals surface area contributed by atoms with Crippen LogP contribution >= 0.6 is 27.7 Å². The third-order valence-corrected chi connectivity index (χ3v) is 5.55. The van der Waals surface area contributed by atoms with Crippen molar-refractivity contribution in [1.82, 2.24) is 14.2 Å². The van der Waals surface area contributed by atoms with Gasteiger partial charge in [-0.25, -0.2) is 4.52 Å². The summed E-state index contributed by atoms with van der Waals surface area (Å²) in [5, 5.41) is 4.93. The van der Waals surface area contributed by atoms with E-state index < -0.39 is 0 Å². The fraction of sp³-hybridized carbons (Fsp3) is 0.158. The number of thioether (sulfide) groups is 1. The van der Waals surface area contributed by atoms with Crippen molar-refractivity contribution >= 4 is 49.5 Å². The second-order valence-electron chi connectivity index (χ2n) is 5.75. The van der Waals surface area contributed by atoms with Crippen molar-refractivity contribution in [3.05, 3.63) is 53.0 Å². The zero-order valence-electron chi connectivity index (χ0n) is 13.9. The molecule has 4 rings (SSSR count). The van der Waals surface area contributed by atoms with Crippen LogP contribution in [-0.4, -0.2) is 19.3 Å². The summed E-state index contributed by atoms with van der Waals surface area (Å²) in [5.74, 6) is 0. The first-order valence-electron chi connectivity index (χ1n) is 8.04. The minimum absolute atomic E-state index is 0.0566. The van der Waals surface area contributed by atoms with Gasteiger partial charge in [0.25, 0.3) is 0 Å².